The van der Waals surface area contributed by atoms with Gasteiger partial charge in [0.05, 0.1) is 0 Å². The van der Waals surface area contributed by atoms with Crippen LogP contribution in [0.1, 0.15) is 44.9 Å². The summed E-state index contributed by atoms with van der Waals surface area (Å²) in [5.41, 5.74) is 2.09. The second kappa shape index (κ2) is 8.37. The maximum absolute atomic E-state index is 3.82. The Bertz CT molecular complexity index is 224. The Morgan fingerprint density at radius 1 is 1.31 bits per heavy atom. The van der Waals surface area contributed by atoms with Gasteiger partial charge in [-0.25, -0.2) is 0 Å². The van der Waals surface area contributed by atoms with E-state index in [0.29, 0.717) is 5.92 Å². The number of aromatic nitrogens is 2. The average molecular weight is 349 g/mol. The van der Waals surface area contributed by atoms with Crippen molar-refractivity contribution in [1.29, 1.82) is 0 Å². The largest absolute Gasteiger partial charge is 0.267 e. The van der Waals surface area contributed by atoms with E-state index in [9.17, 15) is 0 Å². The SMILES string of the molecule is CC.Cc1cc(C(C)C)[c-]nn1.[W]. The van der Waals surface area contributed by atoms with Crippen LogP contribution in [0.2, 0.25) is 0 Å². The number of nitrogens with zero attached hydrogens (tertiary/aromatic N) is 2. The molecule has 0 radical (unpaired) electrons. The quantitative estimate of drug-likeness (QED) is 0.729. The molecular weight excluding hydrogens is 332 g/mol. The fourth-order valence-corrected chi connectivity index (χ4v) is 0.744. The molecule has 1 aromatic rings. The normalized spacial score (nSPS) is 8.46. The second-order valence-electron chi connectivity index (χ2n) is 2.71. The minimum absolute atomic E-state index is 0. The van der Waals surface area contributed by atoms with Crippen molar-refractivity contribution in [2.45, 2.75) is 40.5 Å². The zero-order chi connectivity index (χ0) is 9.56. The third-order valence-electron chi connectivity index (χ3n) is 1.37. The molecule has 0 amide bonds. The van der Waals surface area contributed by atoms with Crippen molar-refractivity contribution in [3.8, 4) is 0 Å². The number of hydrogen-bond acceptors (Lipinski definition) is 2. The van der Waals surface area contributed by atoms with E-state index in [2.05, 4.69) is 30.2 Å². The summed E-state index contributed by atoms with van der Waals surface area (Å²) >= 11 is 0. The first-order chi connectivity index (χ1) is 5.70. The standard InChI is InChI=1S/C8H11N2.C2H6.W/c1-6(2)8-4-7(3)10-9-5-8;1-2;/h4,6H,1-3H3;1-2H3;/q-1;;. The van der Waals surface area contributed by atoms with Gasteiger partial charge in [0.1, 0.15) is 0 Å². The first-order valence-electron chi connectivity index (χ1n) is 4.42. The molecule has 0 unspecified atom stereocenters. The fourth-order valence-electron chi connectivity index (χ4n) is 0.744. The first kappa shape index (κ1) is 15.2. The summed E-state index contributed by atoms with van der Waals surface area (Å²) in [5.74, 6) is 0.495. The van der Waals surface area contributed by atoms with Gasteiger partial charge in [-0.15, -0.1) is 6.20 Å². The van der Waals surface area contributed by atoms with Crippen LogP contribution in [0.3, 0.4) is 0 Å². The predicted octanol–water partition coefficient (Wildman–Crippen LogP) is 2.73. The van der Waals surface area contributed by atoms with Crippen LogP contribution in [0.4, 0.5) is 0 Å². The van der Waals surface area contributed by atoms with Gasteiger partial charge in [0.15, 0.2) is 0 Å². The molecular formula is C10H17N2W-. The van der Waals surface area contributed by atoms with Crippen LogP contribution in [0.5, 0.6) is 0 Å². The van der Waals surface area contributed by atoms with E-state index in [1.54, 1.807) is 0 Å². The van der Waals surface area contributed by atoms with Crippen LogP contribution in [-0.4, -0.2) is 10.2 Å². The number of hydrogen-bond donors (Lipinski definition) is 0. The van der Waals surface area contributed by atoms with Crippen molar-refractivity contribution in [3.63, 3.8) is 0 Å². The topological polar surface area (TPSA) is 25.8 Å². The summed E-state index contributed by atoms with van der Waals surface area (Å²) in [6, 6.07) is 2.01. The molecule has 0 aliphatic heterocycles. The molecule has 0 bridgehead atoms. The van der Waals surface area contributed by atoms with Crippen molar-refractivity contribution in [1.82, 2.24) is 10.2 Å². The van der Waals surface area contributed by atoms with Gasteiger partial charge in [0, 0.05) is 21.1 Å². The van der Waals surface area contributed by atoms with E-state index < -0.39 is 0 Å². The molecule has 1 heterocycles. The smallest absolute Gasteiger partial charge is 0 e. The van der Waals surface area contributed by atoms with Crippen LogP contribution in [0.25, 0.3) is 0 Å². The van der Waals surface area contributed by atoms with Gasteiger partial charge in [-0.05, 0) is 12.6 Å². The molecule has 2 nitrogen and oxygen atoms in total. The van der Waals surface area contributed by atoms with E-state index in [0.717, 1.165) is 11.3 Å². The Morgan fingerprint density at radius 3 is 2.15 bits per heavy atom. The molecule has 0 aromatic carbocycles. The van der Waals surface area contributed by atoms with Gasteiger partial charge in [-0.3, -0.25) is 5.10 Å². The van der Waals surface area contributed by atoms with Gasteiger partial charge >= 0.3 is 0 Å². The third-order valence-corrected chi connectivity index (χ3v) is 1.37. The Kier molecular flexibility index (Phi) is 9.82. The second-order valence-corrected chi connectivity index (χ2v) is 2.71. The van der Waals surface area contributed by atoms with Crippen LogP contribution in [0.15, 0.2) is 6.07 Å². The summed E-state index contributed by atoms with van der Waals surface area (Å²) in [4.78, 5) is 0. The zero-order valence-electron chi connectivity index (χ0n) is 8.96. The average Bonchev–Trinajstić information content (AvgIpc) is 2.08. The summed E-state index contributed by atoms with van der Waals surface area (Å²) < 4.78 is 0. The monoisotopic (exact) mass is 349 g/mol. The van der Waals surface area contributed by atoms with E-state index in [1.165, 1.54) is 0 Å². The van der Waals surface area contributed by atoms with Crippen molar-refractivity contribution < 1.29 is 21.1 Å². The molecule has 13 heavy (non-hydrogen) atoms. The van der Waals surface area contributed by atoms with Crippen molar-refractivity contribution >= 4 is 0 Å². The van der Waals surface area contributed by atoms with Crippen molar-refractivity contribution in [3.05, 3.63) is 23.5 Å². The maximum atomic E-state index is 3.82. The van der Waals surface area contributed by atoms with E-state index >= 15 is 0 Å². The molecule has 3 heteroatoms. The Morgan fingerprint density at radius 2 is 1.85 bits per heavy atom. The molecule has 1 aromatic heterocycles. The first-order valence-corrected chi connectivity index (χ1v) is 4.42. The van der Waals surface area contributed by atoms with Crippen LogP contribution in [0, 0.1) is 13.1 Å². The minimum Gasteiger partial charge on any atom is -0.267 e. The summed E-state index contributed by atoms with van der Waals surface area (Å²) in [7, 11) is 0. The van der Waals surface area contributed by atoms with E-state index in [-0.39, 0.29) is 21.1 Å². The fraction of sp³-hybridized carbons (Fsp3) is 0.600. The van der Waals surface area contributed by atoms with Crippen molar-refractivity contribution in [2.24, 2.45) is 0 Å². The third kappa shape index (κ3) is 5.92. The van der Waals surface area contributed by atoms with Gasteiger partial charge in [0.2, 0.25) is 0 Å². The number of aryl methyl sites for hydroxylation is 1. The summed E-state index contributed by atoms with van der Waals surface area (Å²) in [6.45, 7) is 10.2. The summed E-state index contributed by atoms with van der Waals surface area (Å²) in [5, 5.41) is 7.55. The molecule has 0 aliphatic carbocycles. The molecule has 0 aliphatic rings. The van der Waals surface area contributed by atoms with Crippen LogP contribution < -0.4 is 0 Å². The summed E-state index contributed by atoms with van der Waals surface area (Å²) in [6.07, 6.45) is 2.85. The Balaban J connectivity index is 0. The van der Waals surface area contributed by atoms with Gasteiger partial charge in [-0.2, -0.15) is 16.7 Å². The molecule has 0 N–H and O–H groups in total. The molecule has 0 saturated heterocycles. The Labute approximate surface area is 95.4 Å². The molecule has 0 saturated carbocycles. The molecule has 0 spiro atoms. The van der Waals surface area contributed by atoms with Crippen molar-refractivity contribution in [2.75, 3.05) is 0 Å². The predicted molar refractivity (Wildman–Crippen MR) is 51.0 cm³/mol. The van der Waals surface area contributed by atoms with Crippen LogP contribution >= 0.6 is 0 Å². The minimum atomic E-state index is 0. The van der Waals surface area contributed by atoms with Gasteiger partial charge in [0.25, 0.3) is 0 Å². The zero-order valence-corrected chi connectivity index (χ0v) is 11.9. The maximum Gasteiger partial charge on any atom is 0 e. The Hall–Kier alpha value is -0.232. The molecule has 0 fully saturated rings. The molecule has 0 atom stereocenters. The van der Waals surface area contributed by atoms with E-state index in [4.69, 9.17) is 0 Å². The van der Waals surface area contributed by atoms with Gasteiger partial charge in [-0.1, -0.05) is 33.6 Å². The van der Waals surface area contributed by atoms with Gasteiger partial charge < -0.3 is 0 Å². The molecule has 74 valence electrons. The number of rotatable bonds is 1. The van der Waals surface area contributed by atoms with E-state index in [1.807, 2.05) is 26.8 Å². The molecule has 1 rings (SSSR count). The van der Waals surface area contributed by atoms with Crippen LogP contribution in [-0.2, 0) is 21.1 Å².